The molecule has 2 aliphatic rings. The lowest BCUT2D eigenvalue weighted by molar-refractivity contribution is -0.137. The molecule has 1 unspecified atom stereocenters. The highest BCUT2D eigenvalue weighted by Gasteiger charge is 2.46. The van der Waals surface area contributed by atoms with Crippen LogP contribution in [-0.2, 0) is 17.0 Å². The summed E-state index contributed by atoms with van der Waals surface area (Å²) in [4.78, 5) is 9.15. The quantitative estimate of drug-likeness (QED) is 0.257. The average Bonchev–Trinajstić information content (AvgIpc) is 2.85. The zero-order valence-electron chi connectivity index (χ0n) is 26.7. The molecule has 1 N–H and O–H groups in total. The number of nitrogens with zero attached hydrogens (tertiary/aromatic N) is 2. The monoisotopic (exact) mass is 624 g/mol. The summed E-state index contributed by atoms with van der Waals surface area (Å²) in [5.74, 6) is -3.00. The first-order chi connectivity index (χ1) is 19.5. The molecule has 4 rings (SSSR count). The van der Waals surface area contributed by atoms with Gasteiger partial charge in [0.2, 0.25) is 0 Å². The van der Waals surface area contributed by atoms with Gasteiger partial charge in [-0.1, -0.05) is 54.5 Å². The van der Waals surface area contributed by atoms with Crippen LogP contribution in [0, 0.1) is 5.41 Å². The summed E-state index contributed by atoms with van der Waals surface area (Å²) in [6.07, 6.45) is -3.45. The summed E-state index contributed by atoms with van der Waals surface area (Å²) < 4.78 is 75.8. The molecule has 0 saturated heterocycles. The second-order valence-electron chi connectivity index (χ2n) is 14.9. The van der Waals surface area contributed by atoms with Crippen LogP contribution in [0.3, 0.4) is 0 Å². The number of halogens is 5. The fourth-order valence-electron chi connectivity index (χ4n) is 5.89. The fourth-order valence-corrected chi connectivity index (χ4v) is 7.16. The van der Waals surface area contributed by atoms with Crippen LogP contribution in [0.15, 0.2) is 24.4 Å². The highest BCUT2D eigenvalue weighted by molar-refractivity contribution is 6.74. The molecule has 238 valence electrons. The van der Waals surface area contributed by atoms with Gasteiger partial charge in [0.15, 0.2) is 8.32 Å². The Morgan fingerprint density at radius 1 is 1.09 bits per heavy atom. The molecule has 4 nitrogen and oxygen atoms in total. The van der Waals surface area contributed by atoms with Crippen molar-refractivity contribution < 1.29 is 31.5 Å². The third-order valence-corrected chi connectivity index (χ3v) is 13.8. The highest BCUT2D eigenvalue weighted by atomic mass is 28.4. The molecular formula is C33H45F5N2O2Si. The van der Waals surface area contributed by atoms with Gasteiger partial charge in [-0.2, -0.15) is 13.2 Å². The van der Waals surface area contributed by atoms with E-state index in [0.717, 1.165) is 17.3 Å². The molecule has 0 saturated carbocycles. The number of alkyl halides is 5. The third kappa shape index (κ3) is 7.06. The van der Waals surface area contributed by atoms with Crippen molar-refractivity contribution in [2.75, 3.05) is 0 Å². The van der Waals surface area contributed by atoms with E-state index in [2.05, 4.69) is 52.7 Å². The molecule has 0 bridgehead atoms. The maximum absolute atomic E-state index is 14.4. The minimum absolute atomic E-state index is 0.0395. The predicted molar refractivity (Wildman–Crippen MR) is 162 cm³/mol. The lowest BCUT2D eigenvalue weighted by atomic mass is 9.70. The molecule has 0 fully saturated rings. The van der Waals surface area contributed by atoms with Crippen LogP contribution in [0.25, 0.3) is 5.57 Å². The number of aromatic nitrogens is 2. The van der Waals surface area contributed by atoms with Crippen LogP contribution >= 0.6 is 0 Å². The number of fused-ring (bicyclic) bond motifs is 1. The molecule has 0 aliphatic heterocycles. The lowest BCUT2D eigenvalue weighted by Crippen LogP contribution is -2.44. The molecule has 2 aromatic heterocycles. The van der Waals surface area contributed by atoms with Crippen molar-refractivity contribution in [2.24, 2.45) is 5.41 Å². The summed E-state index contributed by atoms with van der Waals surface area (Å²) in [6, 6.07) is 2.08. The number of aliphatic hydroxyl groups excluding tert-OH is 1. The smallest absolute Gasteiger partial charge is 0.410 e. The number of pyridine rings is 2. The molecule has 0 aromatic carbocycles. The predicted octanol–water partition coefficient (Wildman–Crippen LogP) is 9.94. The van der Waals surface area contributed by atoms with Crippen LogP contribution in [0.1, 0.15) is 132 Å². The Morgan fingerprint density at radius 3 is 2.23 bits per heavy atom. The average molecular weight is 625 g/mol. The number of rotatable bonds is 6. The minimum Gasteiger partial charge on any atom is -0.410 e. The van der Waals surface area contributed by atoms with E-state index in [1.54, 1.807) is 6.08 Å². The van der Waals surface area contributed by atoms with Crippen molar-refractivity contribution in [1.82, 2.24) is 9.97 Å². The Labute approximate surface area is 253 Å². The zero-order chi connectivity index (χ0) is 32.3. The van der Waals surface area contributed by atoms with E-state index in [1.165, 1.54) is 6.07 Å². The van der Waals surface area contributed by atoms with Gasteiger partial charge in [-0.25, -0.2) is 8.78 Å². The molecule has 43 heavy (non-hydrogen) atoms. The zero-order valence-corrected chi connectivity index (χ0v) is 27.7. The SMILES string of the molecule is CC(C)c1nc2c(c(C3=CCC(F)(F)CC3)c1C(O)c1ccc(C(F)(F)F)cn1)[C@H](O[Si](C)(C)C(C)(C)C)CC(C)(C)C2. The van der Waals surface area contributed by atoms with E-state index in [4.69, 9.17) is 9.41 Å². The number of allylic oxidation sites excluding steroid dienone is 2. The number of hydrogen-bond donors (Lipinski definition) is 1. The number of aliphatic hydroxyl groups is 1. The van der Waals surface area contributed by atoms with E-state index in [9.17, 15) is 27.1 Å². The van der Waals surface area contributed by atoms with Gasteiger partial charge in [-0.3, -0.25) is 9.97 Å². The Hall–Kier alpha value is -2.17. The molecule has 10 heteroatoms. The van der Waals surface area contributed by atoms with Crippen LogP contribution in [-0.4, -0.2) is 29.3 Å². The van der Waals surface area contributed by atoms with E-state index >= 15 is 0 Å². The van der Waals surface area contributed by atoms with Crippen LogP contribution in [0.5, 0.6) is 0 Å². The van der Waals surface area contributed by atoms with Crippen molar-refractivity contribution in [3.8, 4) is 0 Å². The van der Waals surface area contributed by atoms with E-state index < -0.39 is 44.6 Å². The summed E-state index contributed by atoms with van der Waals surface area (Å²) in [5, 5.41) is 11.8. The van der Waals surface area contributed by atoms with Crippen LogP contribution in [0.4, 0.5) is 22.0 Å². The Morgan fingerprint density at radius 2 is 1.74 bits per heavy atom. The van der Waals surface area contributed by atoms with Crippen molar-refractivity contribution >= 4 is 13.9 Å². The van der Waals surface area contributed by atoms with Crippen molar-refractivity contribution in [3.63, 3.8) is 0 Å². The maximum atomic E-state index is 14.4. The second kappa shape index (κ2) is 11.3. The normalized spacial score (nSPS) is 21.4. The van der Waals surface area contributed by atoms with Gasteiger partial charge < -0.3 is 9.53 Å². The molecule has 0 amide bonds. The molecule has 2 heterocycles. The van der Waals surface area contributed by atoms with E-state index in [1.807, 2.05) is 13.8 Å². The van der Waals surface area contributed by atoms with Gasteiger partial charge in [-0.15, -0.1) is 0 Å². The van der Waals surface area contributed by atoms with Gasteiger partial charge in [0.1, 0.15) is 6.10 Å². The van der Waals surface area contributed by atoms with Gasteiger partial charge >= 0.3 is 6.18 Å². The fraction of sp³-hybridized carbons (Fsp3) is 0.636. The number of hydrogen-bond acceptors (Lipinski definition) is 4. The molecule has 0 spiro atoms. The highest BCUT2D eigenvalue weighted by Crippen LogP contribution is 2.52. The first-order valence-corrected chi connectivity index (χ1v) is 18.0. The van der Waals surface area contributed by atoms with Gasteiger partial charge in [0.25, 0.3) is 5.92 Å². The summed E-state index contributed by atoms with van der Waals surface area (Å²) in [7, 11) is -2.34. The third-order valence-electron chi connectivity index (χ3n) is 9.27. The minimum atomic E-state index is -4.57. The summed E-state index contributed by atoms with van der Waals surface area (Å²) in [5.41, 5.74) is 2.96. The van der Waals surface area contributed by atoms with Crippen molar-refractivity contribution in [2.45, 2.75) is 129 Å². The van der Waals surface area contributed by atoms with E-state index in [-0.39, 0.29) is 34.9 Å². The maximum Gasteiger partial charge on any atom is 0.417 e. The van der Waals surface area contributed by atoms with Crippen molar-refractivity contribution in [1.29, 1.82) is 0 Å². The first-order valence-electron chi connectivity index (χ1n) is 15.1. The van der Waals surface area contributed by atoms with Crippen LogP contribution < -0.4 is 0 Å². The van der Waals surface area contributed by atoms with Crippen molar-refractivity contribution in [3.05, 3.63) is 63.7 Å². The van der Waals surface area contributed by atoms with Gasteiger partial charge in [0, 0.05) is 35.9 Å². The summed E-state index contributed by atoms with van der Waals surface area (Å²) >= 11 is 0. The molecule has 2 aliphatic carbocycles. The molecular weight excluding hydrogens is 579 g/mol. The lowest BCUT2D eigenvalue weighted by Gasteiger charge is -2.45. The Bertz CT molecular complexity index is 1380. The molecule has 2 atom stereocenters. The first kappa shape index (κ1) is 33.7. The Kier molecular flexibility index (Phi) is 8.88. The van der Waals surface area contributed by atoms with E-state index in [0.29, 0.717) is 41.4 Å². The topological polar surface area (TPSA) is 55.2 Å². The van der Waals surface area contributed by atoms with Gasteiger partial charge in [-0.05, 0) is 72.0 Å². The largest absolute Gasteiger partial charge is 0.417 e. The standard InChI is InChI=1S/C33H45F5N2O2Si/c1-19(2)28-27(29(41)22-11-10-21(18-39-22)33(36,37)38)25(20-12-14-32(34,35)15-13-20)26-23(40-28)16-31(6,7)17-24(26)42-43(8,9)30(3,4)5/h10-12,18-19,24,29,41H,13-17H2,1-9H3/t24-,29?/m1/s1. The van der Waals surface area contributed by atoms with Crippen LogP contribution in [0.2, 0.25) is 18.1 Å². The Balaban J connectivity index is 2.03. The summed E-state index contributed by atoms with van der Waals surface area (Å²) in [6.45, 7) is 19.0. The molecule has 0 radical (unpaired) electrons. The molecule has 2 aromatic rings. The second-order valence-corrected chi connectivity index (χ2v) is 19.6. The van der Waals surface area contributed by atoms with Gasteiger partial charge in [0.05, 0.1) is 23.1 Å².